The van der Waals surface area contributed by atoms with Gasteiger partial charge in [-0.3, -0.25) is 4.79 Å². The van der Waals surface area contributed by atoms with E-state index in [9.17, 15) is 9.18 Å². The fourth-order valence-electron chi connectivity index (χ4n) is 1.76. The highest BCUT2D eigenvalue weighted by Gasteiger charge is 2.23. The molecule has 0 unspecified atom stereocenters. The summed E-state index contributed by atoms with van der Waals surface area (Å²) in [6, 6.07) is 5.67. The third kappa shape index (κ3) is 5.52. The zero-order chi connectivity index (χ0) is 16.0. The molecule has 21 heavy (non-hydrogen) atoms. The Hall–Kier alpha value is -1.93. The number of esters is 1. The molecule has 5 heteroatoms. The molecule has 0 aromatic heterocycles. The number of nitrogens with one attached hydrogen (secondary N) is 1. The number of rotatable bonds is 5. The third-order valence-corrected chi connectivity index (χ3v) is 2.82. The van der Waals surface area contributed by atoms with E-state index in [0.29, 0.717) is 12.0 Å². The number of ether oxygens (including phenoxy) is 1. The number of nitriles is 1. The molecule has 0 saturated carbocycles. The molecule has 0 aliphatic heterocycles. The predicted octanol–water partition coefficient (Wildman–Crippen LogP) is 2.91. The van der Waals surface area contributed by atoms with E-state index in [4.69, 9.17) is 10.00 Å². The van der Waals surface area contributed by atoms with Gasteiger partial charge in [0.1, 0.15) is 17.5 Å². The first-order valence-electron chi connectivity index (χ1n) is 6.91. The molecule has 0 heterocycles. The maximum Gasteiger partial charge on any atom is 0.323 e. The molecule has 1 aromatic carbocycles. The topological polar surface area (TPSA) is 62.1 Å². The number of carbonyl (C=O) groups is 1. The van der Waals surface area contributed by atoms with Crippen molar-refractivity contribution < 1.29 is 13.9 Å². The maximum absolute atomic E-state index is 13.8. The molecular weight excluding hydrogens is 271 g/mol. The van der Waals surface area contributed by atoms with Crippen LogP contribution < -0.4 is 5.32 Å². The molecule has 0 fully saturated rings. The normalized spacial score (nSPS) is 12.6. The first-order valence-corrected chi connectivity index (χ1v) is 6.91. The Kier molecular flexibility index (Phi) is 5.86. The van der Waals surface area contributed by atoms with Crippen LogP contribution in [-0.4, -0.2) is 17.6 Å². The average Bonchev–Trinajstić information content (AvgIpc) is 2.38. The number of nitrogens with zero attached hydrogens (tertiary/aromatic N) is 1. The zero-order valence-electron chi connectivity index (χ0n) is 12.9. The summed E-state index contributed by atoms with van der Waals surface area (Å²) >= 11 is 0. The standard InChI is InChI=1S/C16H21FN2O2/c1-5-14(15(20)21-16(2,3)4)19-10-12-7-6-11(9-18)8-13(12)17/h6-8,14,19H,5,10H2,1-4H3/t14-/m1/s1. The lowest BCUT2D eigenvalue weighted by atomic mass is 10.1. The molecule has 1 N–H and O–H groups in total. The van der Waals surface area contributed by atoms with E-state index in [2.05, 4.69) is 5.32 Å². The van der Waals surface area contributed by atoms with Crippen molar-refractivity contribution in [1.29, 1.82) is 5.26 Å². The largest absolute Gasteiger partial charge is 0.459 e. The van der Waals surface area contributed by atoms with Crippen LogP contribution in [0.1, 0.15) is 45.2 Å². The molecule has 0 saturated heterocycles. The summed E-state index contributed by atoms with van der Waals surface area (Å²) in [5.41, 5.74) is 0.137. The van der Waals surface area contributed by atoms with Gasteiger partial charge in [-0.05, 0) is 39.3 Å². The fraction of sp³-hybridized carbons (Fsp3) is 0.500. The zero-order valence-corrected chi connectivity index (χ0v) is 12.9. The van der Waals surface area contributed by atoms with Crippen LogP contribution >= 0.6 is 0 Å². The van der Waals surface area contributed by atoms with Crippen molar-refractivity contribution in [2.45, 2.75) is 52.3 Å². The van der Waals surface area contributed by atoms with Crippen molar-refractivity contribution in [3.63, 3.8) is 0 Å². The molecule has 0 bridgehead atoms. The second-order valence-corrected chi connectivity index (χ2v) is 5.79. The Morgan fingerprint density at radius 2 is 2.14 bits per heavy atom. The van der Waals surface area contributed by atoms with Crippen molar-refractivity contribution in [3.05, 3.63) is 35.1 Å². The number of carbonyl (C=O) groups excluding carboxylic acids is 1. The molecule has 0 amide bonds. The number of benzene rings is 1. The molecular formula is C16H21FN2O2. The highest BCUT2D eigenvalue weighted by Crippen LogP contribution is 2.12. The Morgan fingerprint density at radius 3 is 2.62 bits per heavy atom. The van der Waals surface area contributed by atoms with Crippen LogP contribution in [0.2, 0.25) is 0 Å². The minimum atomic E-state index is -0.550. The van der Waals surface area contributed by atoms with Crippen molar-refractivity contribution in [1.82, 2.24) is 5.32 Å². The number of halogens is 1. The molecule has 0 radical (unpaired) electrons. The quantitative estimate of drug-likeness (QED) is 0.848. The van der Waals surface area contributed by atoms with Gasteiger partial charge in [0.15, 0.2) is 0 Å². The second-order valence-electron chi connectivity index (χ2n) is 5.79. The van der Waals surface area contributed by atoms with Crippen molar-refractivity contribution in [2.75, 3.05) is 0 Å². The molecule has 0 spiro atoms. The molecule has 1 aromatic rings. The van der Waals surface area contributed by atoms with Gasteiger partial charge in [0, 0.05) is 12.1 Å². The van der Waals surface area contributed by atoms with Crippen LogP contribution in [0, 0.1) is 17.1 Å². The van der Waals surface area contributed by atoms with E-state index in [1.54, 1.807) is 32.9 Å². The lowest BCUT2D eigenvalue weighted by Crippen LogP contribution is -2.40. The van der Waals surface area contributed by atoms with Gasteiger partial charge < -0.3 is 10.1 Å². The van der Waals surface area contributed by atoms with Crippen LogP contribution in [0.15, 0.2) is 18.2 Å². The van der Waals surface area contributed by atoms with Crippen molar-refractivity contribution in [3.8, 4) is 6.07 Å². The van der Waals surface area contributed by atoms with Gasteiger partial charge >= 0.3 is 5.97 Å². The molecule has 4 nitrogen and oxygen atoms in total. The summed E-state index contributed by atoms with van der Waals surface area (Å²) < 4.78 is 19.1. The number of hydrogen-bond acceptors (Lipinski definition) is 4. The summed E-state index contributed by atoms with van der Waals surface area (Å²) in [4.78, 5) is 12.0. The number of hydrogen-bond donors (Lipinski definition) is 1. The second kappa shape index (κ2) is 7.19. The Labute approximate surface area is 124 Å². The summed E-state index contributed by atoms with van der Waals surface area (Å²) in [6.07, 6.45) is 0.548. The first-order chi connectivity index (χ1) is 9.76. The van der Waals surface area contributed by atoms with E-state index >= 15 is 0 Å². The van der Waals surface area contributed by atoms with E-state index in [1.807, 2.05) is 13.0 Å². The molecule has 1 atom stereocenters. The lowest BCUT2D eigenvalue weighted by molar-refractivity contribution is -0.157. The van der Waals surface area contributed by atoms with Gasteiger partial charge in [0.05, 0.1) is 11.6 Å². The minimum Gasteiger partial charge on any atom is -0.459 e. The third-order valence-electron chi connectivity index (χ3n) is 2.82. The van der Waals surface area contributed by atoms with Gasteiger partial charge in [-0.25, -0.2) is 4.39 Å². The summed E-state index contributed by atoms with van der Waals surface area (Å²) in [6.45, 7) is 7.47. The molecule has 1 rings (SSSR count). The summed E-state index contributed by atoms with van der Waals surface area (Å²) in [7, 11) is 0. The van der Waals surface area contributed by atoms with Crippen LogP contribution in [0.4, 0.5) is 4.39 Å². The van der Waals surface area contributed by atoms with Gasteiger partial charge in [0.25, 0.3) is 0 Å². The van der Waals surface area contributed by atoms with E-state index in [1.165, 1.54) is 6.07 Å². The van der Waals surface area contributed by atoms with Crippen LogP contribution in [0.25, 0.3) is 0 Å². The van der Waals surface area contributed by atoms with Gasteiger partial charge in [-0.1, -0.05) is 13.0 Å². The Balaban J connectivity index is 2.68. The minimum absolute atomic E-state index is 0.204. The first kappa shape index (κ1) is 17.1. The molecule has 0 aliphatic carbocycles. The van der Waals surface area contributed by atoms with E-state index in [-0.39, 0.29) is 18.1 Å². The van der Waals surface area contributed by atoms with Gasteiger partial charge in [-0.2, -0.15) is 5.26 Å². The summed E-state index contributed by atoms with van der Waals surface area (Å²) in [5, 5.41) is 11.7. The smallest absolute Gasteiger partial charge is 0.323 e. The average molecular weight is 292 g/mol. The van der Waals surface area contributed by atoms with Gasteiger partial charge in [-0.15, -0.1) is 0 Å². The maximum atomic E-state index is 13.8. The van der Waals surface area contributed by atoms with Crippen LogP contribution in [0.3, 0.4) is 0 Å². The molecule has 114 valence electrons. The van der Waals surface area contributed by atoms with Crippen molar-refractivity contribution >= 4 is 5.97 Å². The SMILES string of the molecule is CC[C@@H](NCc1ccc(C#N)cc1F)C(=O)OC(C)(C)C. The van der Waals surface area contributed by atoms with Crippen LogP contribution in [-0.2, 0) is 16.1 Å². The summed E-state index contributed by atoms with van der Waals surface area (Å²) in [5.74, 6) is -0.806. The fourth-order valence-corrected chi connectivity index (χ4v) is 1.76. The molecule has 0 aliphatic rings. The highest BCUT2D eigenvalue weighted by atomic mass is 19.1. The van der Waals surface area contributed by atoms with Gasteiger partial charge in [0.2, 0.25) is 0 Å². The van der Waals surface area contributed by atoms with Crippen molar-refractivity contribution in [2.24, 2.45) is 0 Å². The van der Waals surface area contributed by atoms with E-state index in [0.717, 1.165) is 0 Å². The Bertz CT molecular complexity index is 544. The Morgan fingerprint density at radius 1 is 1.48 bits per heavy atom. The highest BCUT2D eigenvalue weighted by molar-refractivity contribution is 5.76. The predicted molar refractivity (Wildman–Crippen MR) is 77.9 cm³/mol. The van der Waals surface area contributed by atoms with E-state index < -0.39 is 17.5 Å². The van der Waals surface area contributed by atoms with Crippen LogP contribution in [0.5, 0.6) is 0 Å². The lowest BCUT2D eigenvalue weighted by Gasteiger charge is -2.24. The monoisotopic (exact) mass is 292 g/mol.